The van der Waals surface area contributed by atoms with E-state index < -0.39 is 11.0 Å². The molecule has 1 heterocycles. The lowest BCUT2D eigenvalue weighted by Crippen LogP contribution is -2.29. The Bertz CT molecular complexity index is 551. The number of aryl methyl sites for hydroxylation is 1. The van der Waals surface area contributed by atoms with Crippen molar-refractivity contribution in [2.45, 2.75) is 26.3 Å². The van der Waals surface area contributed by atoms with Crippen molar-refractivity contribution in [3.63, 3.8) is 0 Å². The summed E-state index contributed by atoms with van der Waals surface area (Å²) in [5.74, 6) is 0.270. The lowest BCUT2D eigenvalue weighted by molar-refractivity contribution is -0.384. The largest absolute Gasteiger partial charge is 0.309 e. The van der Waals surface area contributed by atoms with Gasteiger partial charge in [0, 0.05) is 17.7 Å². The molecule has 6 heteroatoms. The van der Waals surface area contributed by atoms with Crippen LogP contribution in [0.15, 0.2) is 23.2 Å². The van der Waals surface area contributed by atoms with Crippen molar-refractivity contribution in [1.29, 1.82) is 0 Å². The molecule has 2 rings (SSSR count). The van der Waals surface area contributed by atoms with Crippen LogP contribution in [0.25, 0.3) is 0 Å². The molecule has 1 aliphatic heterocycles. The molecule has 0 saturated carbocycles. The smallest absolute Gasteiger partial charge is 0.270 e. The monoisotopic (exact) mass is 247 g/mol. The molecule has 0 fully saturated rings. The van der Waals surface area contributed by atoms with E-state index in [1.165, 1.54) is 12.1 Å². The summed E-state index contributed by atoms with van der Waals surface area (Å²) in [4.78, 5) is 26.1. The predicted molar refractivity (Wildman–Crippen MR) is 66.6 cm³/mol. The minimum atomic E-state index is -0.461. The molecule has 1 atom stereocenters. The predicted octanol–water partition coefficient (Wildman–Crippen LogP) is 1.56. The summed E-state index contributed by atoms with van der Waals surface area (Å²) in [6.45, 7) is 3.70. The number of nitro benzene ring substituents is 1. The Hall–Kier alpha value is -2.24. The van der Waals surface area contributed by atoms with Gasteiger partial charge in [-0.25, -0.2) is 0 Å². The number of amides is 1. The SMILES string of the molecule is CCC1N=C(c2cc([N+](=O)[O-])ccc2C)NC1=O. The van der Waals surface area contributed by atoms with Gasteiger partial charge in [0.15, 0.2) is 0 Å². The minimum absolute atomic E-state index is 0.00695. The third kappa shape index (κ3) is 2.09. The second kappa shape index (κ2) is 4.56. The number of nitrogens with one attached hydrogen (secondary N) is 1. The van der Waals surface area contributed by atoms with Crippen LogP contribution in [0.5, 0.6) is 0 Å². The van der Waals surface area contributed by atoms with E-state index in [-0.39, 0.29) is 11.6 Å². The van der Waals surface area contributed by atoms with Gasteiger partial charge in [-0.05, 0) is 18.9 Å². The van der Waals surface area contributed by atoms with Gasteiger partial charge in [-0.3, -0.25) is 19.9 Å². The molecular formula is C12H13N3O3. The molecule has 1 amide bonds. The molecule has 0 saturated heterocycles. The summed E-state index contributed by atoms with van der Waals surface area (Å²) in [6.07, 6.45) is 0.614. The number of hydrogen-bond donors (Lipinski definition) is 1. The molecule has 1 N–H and O–H groups in total. The zero-order chi connectivity index (χ0) is 13.3. The second-order valence-corrected chi connectivity index (χ2v) is 4.15. The van der Waals surface area contributed by atoms with Gasteiger partial charge in [0.05, 0.1) is 4.92 Å². The summed E-state index contributed by atoms with van der Waals surface area (Å²) in [6, 6.07) is 4.14. The van der Waals surface area contributed by atoms with Crippen LogP contribution in [-0.4, -0.2) is 22.7 Å². The number of aliphatic imine (C=N–C) groups is 1. The molecule has 0 radical (unpaired) electrons. The highest BCUT2D eigenvalue weighted by atomic mass is 16.6. The van der Waals surface area contributed by atoms with Crippen molar-refractivity contribution in [1.82, 2.24) is 5.32 Å². The van der Waals surface area contributed by atoms with Crippen LogP contribution in [0.2, 0.25) is 0 Å². The Morgan fingerprint density at radius 3 is 2.78 bits per heavy atom. The quantitative estimate of drug-likeness (QED) is 0.649. The highest BCUT2D eigenvalue weighted by molar-refractivity contribution is 6.14. The highest BCUT2D eigenvalue weighted by Gasteiger charge is 2.26. The van der Waals surface area contributed by atoms with Crippen LogP contribution < -0.4 is 5.32 Å². The summed E-state index contributed by atoms with van der Waals surface area (Å²) in [7, 11) is 0. The van der Waals surface area contributed by atoms with E-state index >= 15 is 0 Å². The van der Waals surface area contributed by atoms with E-state index in [4.69, 9.17) is 0 Å². The topological polar surface area (TPSA) is 84.6 Å². The zero-order valence-corrected chi connectivity index (χ0v) is 10.1. The van der Waals surface area contributed by atoms with E-state index in [2.05, 4.69) is 10.3 Å². The summed E-state index contributed by atoms with van der Waals surface area (Å²) in [5.41, 5.74) is 1.44. The minimum Gasteiger partial charge on any atom is -0.309 e. The van der Waals surface area contributed by atoms with Gasteiger partial charge in [-0.1, -0.05) is 13.0 Å². The maximum atomic E-state index is 11.6. The number of benzene rings is 1. The fourth-order valence-electron chi connectivity index (χ4n) is 1.84. The van der Waals surface area contributed by atoms with E-state index in [0.29, 0.717) is 17.8 Å². The van der Waals surface area contributed by atoms with Crippen LogP contribution in [0, 0.1) is 17.0 Å². The van der Waals surface area contributed by atoms with Crippen LogP contribution >= 0.6 is 0 Å². The van der Waals surface area contributed by atoms with Gasteiger partial charge < -0.3 is 5.32 Å². The van der Waals surface area contributed by atoms with Gasteiger partial charge in [0.1, 0.15) is 11.9 Å². The van der Waals surface area contributed by atoms with E-state index in [9.17, 15) is 14.9 Å². The summed E-state index contributed by atoms with van der Waals surface area (Å²) < 4.78 is 0. The Kier molecular flexibility index (Phi) is 3.10. The molecule has 94 valence electrons. The molecule has 0 aliphatic carbocycles. The fourth-order valence-corrected chi connectivity index (χ4v) is 1.84. The van der Waals surface area contributed by atoms with Crippen molar-refractivity contribution in [2.24, 2.45) is 4.99 Å². The maximum absolute atomic E-state index is 11.6. The number of nitrogens with zero attached hydrogens (tertiary/aromatic N) is 2. The molecule has 0 bridgehead atoms. The summed E-state index contributed by atoms with van der Waals surface area (Å²) in [5, 5.41) is 13.4. The van der Waals surface area contributed by atoms with Crippen LogP contribution in [-0.2, 0) is 4.79 Å². The number of nitro groups is 1. The number of carbonyl (C=O) groups excluding carboxylic acids is 1. The number of rotatable bonds is 3. The van der Waals surface area contributed by atoms with Crippen LogP contribution in [0.4, 0.5) is 5.69 Å². The Balaban J connectivity index is 2.42. The van der Waals surface area contributed by atoms with E-state index in [0.717, 1.165) is 5.56 Å². The first-order chi connectivity index (χ1) is 8.52. The van der Waals surface area contributed by atoms with Gasteiger partial charge in [0.2, 0.25) is 5.91 Å². The fraction of sp³-hybridized carbons (Fsp3) is 0.333. The number of amidine groups is 1. The molecule has 1 aromatic carbocycles. The number of hydrogen-bond acceptors (Lipinski definition) is 4. The molecule has 0 aromatic heterocycles. The molecule has 0 spiro atoms. The Morgan fingerprint density at radius 2 is 2.22 bits per heavy atom. The van der Waals surface area contributed by atoms with Gasteiger partial charge in [-0.2, -0.15) is 0 Å². The van der Waals surface area contributed by atoms with Crippen LogP contribution in [0.3, 0.4) is 0 Å². The highest BCUT2D eigenvalue weighted by Crippen LogP contribution is 2.20. The molecule has 1 aliphatic rings. The average molecular weight is 247 g/mol. The van der Waals surface area contributed by atoms with E-state index in [1.807, 2.05) is 13.8 Å². The molecule has 1 unspecified atom stereocenters. The summed E-state index contributed by atoms with van der Waals surface area (Å²) >= 11 is 0. The lowest BCUT2D eigenvalue weighted by atomic mass is 10.1. The average Bonchev–Trinajstić information content (AvgIpc) is 2.70. The van der Waals surface area contributed by atoms with E-state index in [1.54, 1.807) is 6.07 Å². The van der Waals surface area contributed by atoms with Crippen molar-refractivity contribution in [2.75, 3.05) is 0 Å². The normalized spacial score (nSPS) is 18.4. The Morgan fingerprint density at radius 1 is 1.50 bits per heavy atom. The second-order valence-electron chi connectivity index (χ2n) is 4.15. The molecular weight excluding hydrogens is 234 g/mol. The van der Waals surface area contributed by atoms with Gasteiger partial charge >= 0.3 is 0 Å². The molecule has 1 aromatic rings. The standard InChI is InChI=1S/C12H13N3O3/c1-3-10-12(16)14-11(13-10)9-6-8(15(17)18)5-4-7(9)2/h4-6,10H,3H2,1-2H3,(H,13,14,16). The van der Waals surface area contributed by atoms with Crippen LogP contribution in [0.1, 0.15) is 24.5 Å². The van der Waals surface area contributed by atoms with Crippen molar-refractivity contribution >= 4 is 17.4 Å². The third-order valence-corrected chi connectivity index (χ3v) is 2.90. The van der Waals surface area contributed by atoms with Gasteiger partial charge in [-0.15, -0.1) is 0 Å². The lowest BCUT2D eigenvalue weighted by Gasteiger charge is -2.05. The molecule has 18 heavy (non-hydrogen) atoms. The Labute approximate surface area is 104 Å². The van der Waals surface area contributed by atoms with Gasteiger partial charge in [0.25, 0.3) is 5.69 Å². The molecule has 6 nitrogen and oxygen atoms in total. The first-order valence-corrected chi connectivity index (χ1v) is 5.67. The zero-order valence-electron chi connectivity index (χ0n) is 10.1. The van der Waals surface area contributed by atoms with Crippen molar-refractivity contribution < 1.29 is 9.72 Å². The number of carbonyl (C=O) groups is 1. The van der Waals surface area contributed by atoms with Crippen molar-refractivity contribution in [3.8, 4) is 0 Å². The first kappa shape index (κ1) is 12.2. The van der Waals surface area contributed by atoms with Crippen molar-refractivity contribution in [3.05, 3.63) is 39.4 Å². The number of non-ortho nitro benzene ring substituents is 1. The maximum Gasteiger partial charge on any atom is 0.270 e. The third-order valence-electron chi connectivity index (χ3n) is 2.90. The first-order valence-electron chi connectivity index (χ1n) is 5.67.